The molecule has 11 heteroatoms. The van der Waals surface area contributed by atoms with Gasteiger partial charge in [0, 0.05) is 25.2 Å². The summed E-state index contributed by atoms with van der Waals surface area (Å²) in [6, 6.07) is 6.56. The highest BCUT2D eigenvalue weighted by atomic mass is 35.5. The molecule has 3 aromatic rings. The lowest BCUT2D eigenvalue weighted by Crippen LogP contribution is -2.46. The molecule has 0 bridgehead atoms. The van der Waals surface area contributed by atoms with Gasteiger partial charge in [-0.1, -0.05) is 11.6 Å². The Morgan fingerprint density at radius 2 is 2.03 bits per heavy atom. The summed E-state index contributed by atoms with van der Waals surface area (Å²) in [6.45, 7) is 2.78. The first-order valence-corrected chi connectivity index (χ1v) is 10.1. The van der Waals surface area contributed by atoms with Crippen LogP contribution in [0, 0.1) is 6.92 Å². The second-order valence-corrected chi connectivity index (χ2v) is 7.62. The summed E-state index contributed by atoms with van der Waals surface area (Å²) in [5.74, 6) is 0.920. The van der Waals surface area contributed by atoms with Crippen LogP contribution in [0.5, 0.6) is 5.75 Å². The predicted octanol–water partition coefficient (Wildman–Crippen LogP) is 2.26. The van der Waals surface area contributed by atoms with Crippen LogP contribution in [0.2, 0.25) is 5.02 Å². The van der Waals surface area contributed by atoms with Crippen LogP contribution in [-0.2, 0) is 0 Å². The van der Waals surface area contributed by atoms with Crippen molar-refractivity contribution in [2.45, 2.75) is 25.8 Å². The Balaban J connectivity index is 1.42. The molecule has 0 radical (unpaired) electrons. The molecule has 4 rings (SSSR count). The first kappa shape index (κ1) is 20.9. The van der Waals surface area contributed by atoms with Crippen LogP contribution in [-0.4, -0.2) is 63.2 Å². The van der Waals surface area contributed by atoms with Crippen LogP contribution in [0.25, 0.3) is 5.69 Å². The lowest BCUT2D eigenvalue weighted by atomic mass is 10.0. The number of hydrogen-bond acceptors (Lipinski definition) is 7. The van der Waals surface area contributed by atoms with Gasteiger partial charge in [-0.15, -0.1) is 5.10 Å². The summed E-state index contributed by atoms with van der Waals surface area (Å²) in [4.78, 5) is 27.1. The number of benzene rings is 1. The van der Waals surface area contributed by atoms with Gasteiger partial charge >= 0.3 is 0 Å². The van der Waals surface area contributed by atoms with Crippen molar-refractivity contribution in [2.75, 3.05) is 20.2 Å². The van der Waals surface area contributed by atoms with Crippen molar-refractivity contribution >= 4 is 23.4 Å². The number of piperidine rings is 1. The fourth-order valence-electron chi connectivity index (χ4n) is 3.54. The molecule has 0 spiro atoms. The summed E-state index contributed by atoms with van der Waals surface area (Å²) in [5, 5.41) is 14.3. The predicted molar refractivity (Wildman–Crippen MR) is 111 cm³/mol. The van der Waals surface area contributed by atoms with Gasteiger partial charge in [-0.3, -0.25) is 9.59 Å². The molecule has 1 aliphatic rings. The molecule has 0 saturated carbocycles. The van der Waals surface area contributed by atoms with Crippen LogP contribution in [0.4, 0.5) is 0 Å². The first-order valence-electron chi connectivity index (χ1n) is 9.73. The highest BCUT2D eigenvalue weighted by Crippen LogP contribution is 2.30. The minimum atomic E-state index is -0.246. The number of nitrogens with one attached hydrogen (secondary N) is 1. The third kappa shape index (κ3) is 4.38. The minimum absolute atomic E-state index is 0.0327. The fourth-order valence-corrected chi connectivity index (χ4v) is 3.79. The minimum Gasteiger partial charge on any atom is -0.496 e. The van der Waals surface area contributed by atoms with E-state index in [1.54, 1.807) is 36.1 Å². The lowest BCUT2D eigenvalue weighted by Gasteiger charge is -2.32. The van der Waals surface area contributed by atoms with Crippen molar-refractivity contribution in [3.8, 4) is 11.4 Å². The smallest absolute Gasteiger partial charge is 0.287 e. The van der Waals surface area contributed by atoms with Gasteiger partial charge < -0.3 is 19.4 Å². The number of aryl methyl sites for hydroxylation is 1. The monoisotopic (exact) mass is 444 g/mol. The van der Waals surface area contributed by atoms with E-state index in [1.807, 2.05) is 0 Å². The molecule has 1 aliphatic heterocycles. The number of ether oxygens (including phenoxy) is 1. The molecule has 1 fully saturated rings. The van der Waals surface area contributed by atoms with E-state index in [4.69, 9.17) is 20.8 Å². The van der Waals surface area contributed by atoms with Crippen LogP contribution in [0.3, 0.4) is 0 Å². The van der Waals surface area contributed by atoms with Gasteiger partial charge in [0.25, 0.3) is 11.8 Å². The summed E-state index contributed by atoms with van der Waals surface area (Å²) in [7, 11) is 1.49. The fraction of sp³-hybridized carbons (Fsp3) is 0.350. The van der Waals surface area contributed by atoms with E-state index in [0.29, 0.717) is 53.7 Å². The largest absolute Gasteiger partial charge is 0.496 e. The normalized spacial score (nSPS) is 14.5. The lowest BCUT2D eigenvalue weighted by molar-refractivity contribution is 0.0692. The molecule has 31 heavy (non-hydrogen) atoms. The Kier molecular flexibility index (Phi) is 5.90. The van der Waals surface area contributed by atoms with Crippen LogP contribution < -0.4 is 10.1 Å². The Morgan fingerprint density at radius 1 is 1.26 bits per heavy atom. The number of furan rings is 1. The quantitative estimate of drug-likeness (QED) is 0.641. The van der Waals surface area contributed by atoms with E-state index in [9.17, 15) is 9.59 Å². The van der Waals surface area contributed by atoms with Crippen molar-refractivity contribution in [3.63, 3.8) is 0 Å². The van der Waals surface area contributed by atoms with Gasteiger partial charge in [0.05, 0.1) is 23.4 Å². The second-order valence-electron chi connectivity index (χ2n) is 7.21. The van der Waals surface area contributed by atoms with Crippen LogP contribution >= 0.6 is 11.6 Å². The Labute approximate surface area is 183 Å². The van der Waals surface area contributed by atoms with Gasteiger partial charge in [0.1, 0.15) is 17.8 Å². The number of likely N-dealkylation sites (tertiary alicyclic amines) is 1. The molecule has 1 aromatic carbocycles. The average Bonchev–Trinajstić information content (AvgIpc) is 3.45. The van der Waals surface area contributed by atoms with E-state index in [2.05, 4.69) is 20.8 Å². The van der Waals surface area contributed by atoms with E-state index >= 15 is 0 Å². The van der Waals surface area contributed by atoms with E-state index < -0.39 is 0 Å². The van der Waals surface area contributed by atoms with Crippen molar-refractivity contribution in [1.29, 1.82) is 0 Å². The van der Waals surface area contributed by atoms with E-state index in [0.717, 1.165) is 0 Å². The number of methoxy groups -OCH3 is 1. The van der Waals surface area contributed by atoms with Crippen LogP contribution in [0.15, 0.2) is 35.0 Å². The van der Waals surface area contributed by atoms with Crippen LogP contribution in [0.1, 0.15) is 39.5 Å². The number of tetrazole rings is 1. The first-order chi connectivity index (χ1) is 15.0. The second kappa shape index (κ2) is 8.76. The molecular formula is C20H21ClN6O4. The Morgan fingerprint density at radius 3 is 2.65 bits per heavy atom. The number of carbonyl (C=O) groups is 2. The van der Waals surface area contributed by atoms with Gasteiger partial charge in [0.2, 0.25) is 0 Å². The zero-order chi connectivity index (χ0) is 22.0. The number of carbonyl (C=O) groups excluding carboxylic acids is 2. The van der Waals surface area contributed by atoms with Gasteiger partial charge in [-0.2, -0.15) is 4.68 Å². The number of nitrogens with zero attached hydrogens (tertiary/aromatic N) is 5. The van der Waals surface area contributed by atoms with Gasteiger partial charge in [-0.05, 0) is 48.4 Å². The number of amides is 2. The van der Waals surface area contributed by atoms with E-state index in [-0.39, 0.29) is 23.6 Å². The molecule has 3 heterocycles. The van der Waals surface area contributed by atoms with Crippen molar-refractivity contribution in [1.82, 2.24) is 30.4 Å². The van der Waals surface area contributed by atoms with Crippen molar-refractivity contribution < 1.29 is 18.7 Å². The summed E-state index contributed by atoms with van der Waals surface area (Å²) < 4.78 is 12.2. The highest BCUT2D eigenvalue weighted by Gasteiger charge is 2.28. The molecular weight excluding hydrogens is 424 g/mol. The van der Waals surface area contributed by atoms with Crippen molar-refractivity contribution in [3.05, 3.63) is 52.7 Å². The Hall–Kier alpha value is -3.40. The standard InChI is InChI=1S/C20H21ClN6O4/c1-12-3-4-17(31-12)19(28)23-13-5-7-26(8-6-13)20(29)14-9-15(21)16(10-18(14)30-2)27-11-22-24-25-27/h3-4,9-11,13H,5-8H2,1-2H3,(H,23,28). The molecule has 0 atom stereocenters. The summed E-state index contributed by atoms with van der Waals surface area (Å²) >= 11 is 6.37. The van der Waals surface area contributed by atoms with Crippen molar-refractivity contribution in [2.24, 2.45) is 0 Å². The molecule has 0 unspecified atom stereocenters. The van der Waals surface area contributed by atoms with Gasteiger partial charge in [-0.25, -0.2) is 0 Å². The molecule has 1 saturated heterocycles. The summed E-state index contributed by atoms with van der Waals surface area (Å²) in [5.41, 5.74) is 0.868. The maximum Gasteiger partial charge on any atom is 0.287 e. The number of rotatable bonds is 5. The molecule has 10 nitrogen and oxygen atoms in total. The molecule has 0 aliphatic carbocycles. The topological polar surface area (TPSA) is 115 Å². The Bertz CT molecular complexity index is 1090. The molecule has 2 aromatic heterocycles. The zero-order valence-corrected chi connectivity index (χ0v) is 17.8. The molecule has 162 valence electrons. The summed E-state index contributed by atoms with van der Waals surface area (Å²) in [6.07, 6.45) is 2.68. The highest BCUT2D eigenvalue weighted by molar-refractivity contribution is 6.33. The third-order valence-electron chi connectivity index (χ3n) is 5.18. The molecule has 2 amide bonds. The maximum atomic E-state index is 13.1. The number of halogens is 1. The number of aromatic nitrogens is 4. The number of hydrogen-bond donors (Lipinski definition) is 1. The average molecular weight is 445 g/mol. The molecule has 1 N–H and O–H groups in total. The maximum absolute atomic E-state index is 13.1. The van der Waals surface area contributed by atoms with E-state index in [1.165, 1.54) is 18.1 Å². The van der Waals surface area contributed by atoms with Gasteiger partial charge in [0.15, 0.2) is 5.76 Å². The SMILES string of the molecule is COc1cc(-n2cnnn2)c(Cl)cc1C(=O)N1CCC(NC(=O)c2ccc(C)o2)CC1. The zero-order valence-electron chi connectivity index (χ0n) is 17.0. The third-order valence-corrected chi connectivity index (χ3v) is 5.48.